The third kappa shape index (κ3) is 3.00. The van der Waals surface area contributed by atoms with Gasteiger partial charge in [-0.2, -0.15) is 0 Å². The van der Waals surface area contributed by atoms with Crippen molar-refractivity contribution in [3.8, 4) is 0 Å². The maximum atomic E-state index is 11.3. The lowest BCUT2D eigenvalue weighted by Crippen LogP contribution is -2.36. The summed E-state index contributed by atoms with van der Waals surface area (Å²) in [7, 11) is 1.63. The second-order valence-corrected chi connectivity index (χ2v) is 3.53. The Kier molecular flexibility index (Phi) is 3.76. The zero-order chi connectivity index (χ0) is 11.4. The zero-order valence-corrected chi connectivity index (χ0v) is 9.47. The minimum Gasteiger partial charge on any atom is -0.331 e. The molecule has 0 aromatic heterocycles. The normalized spacial score (nSPS) is 9.53. The van der Waals surface area contributed by atoms with Crippen LogP contribution in [0.15, 0.2) is 24.3 Å². The van der Waals surface area contributed by atoms with E-state index in [0.29, 0.717) is 16.4 Å². The quantitative estimate of drug-likeness (QED) is 0.343. The van der Waals surface area contributed by atoms with E-state index in [1.807, 2.05) is 6.07 Å². The Morgan fingerprint density at radius 2 is 2.07 bits per heavy atom. The average Bonchev–Trinajstić information content (AvgIpc) is 2.18. The first-order valence-corrected chi connectivity index (χ1v) is 4.82. The van der Waals surface area contributed by atoms with E-state index in [2.05, 4.69) is 5.32 Å². The van der Waals surface area contributed by atoms with Gasteiger partial charge >= 0.3 is 0 Å². The van der Waals surface area contributed by atoms with Crippen LogP contribution in [-0.2, 0) is 0 Å². The van der Waals surface area contributed by atoms with Crippen molar-refractivity contribution >= 4 is 28.8 Å². The predicted molar refractivity (Wildman–Crippen MR) is 64.6 cm³/mol. The number of para-hydroxylation sites is 1. The molecule has 4 nitrogen and oxygen atoms in total. The number of Topliss-reactive ketones (excluding diaryl/α,β-unsaturated/α-hetero) is 1. The van der Waals surface area contributed by atoms with E-state index in [0.717, 1.165) is 0 Å². The number of carbonyl (C=O) groups excluding carboxylic acids is 1. The first kappa shape index (κ1) is 11.6. The van der Waals surface area contributed by atoms with E-state index in [1.165, 1.54) is 11.9 Å². The highest BCUT2D eigenvalue weighted by atomic mass is 32.1. The van der Waals surface area contributed by atoms with Gasteiger partial charge in [-0.3, -0.25) is 9.80 Å². The van der Waals surface area contributed by atoms with Crippen LogP contribution in [0.1, 0.15) is 17.3 Å². The van der Waals surface area contributed by atoms with Crippen molar-refractivity contribution in [2.75, 3.05) is 12.4 Å². The fourth-order valence-electron chi connectivity index (χ4n) is 1.10. The summed E-state index contributed by atoms with van der Waals surface area (Å²) in [6.45, 7) is 1.51. The molecule has 5 heteroatoms. The van der Waals surface area contributed by atoms with Crippen molar-refractivity contribution in [3.05, 3.63) is 29.8 Å². The van der Waals surface area contributed by atoms with Crippen molar-refractivity contribution in [3.63, 3.8) is 0 Å². The predicted octanol–water partition coefficient (Wildman–Crippen LogP) is 1.39. The molecule has 0 amide bonds. The monoisotopic (exact) mass is 223 g/mol. The highest BCUT2D eigenvalue weighted by Gasteiger charge is 2.08. The molecule has 0 aliphatic heterocycles. The van der Waals surface area contributed by atoms with E-state index in [1.54, 1.807) is 25.2 Å². The van der Waals surface area contributed by atoms with Gasteiger partial charge in [-0.05, 0) is 31.3 Å². The lowest BCUT2D eigenvalue weighted by Gasteiger charge is -2.16. The number of carbonyl (C=O) groups is 1. The van der Waals surface area contributed by atoms with Crippen LogP contribution in [0, 0.1) is 0 Å². The minimum absolute atomic E-state index is 0.0134. The molecule has 0 saturated carbocycles. The van der Waals surface area contributed by atoms with E-state index >= 15 is 0 Å². The van der Waals surface area contributed by atoms with Gasteiger partial charge in [-0.15, -0.1) is 0 Å². The molecule has 80 valence electrons. The van der Waals surface area contributed by atoms with Gasteiger partial charge in [-0.25, -0.2) is 5.84 Å². The molecule has 0 aliphatic rings. The number of nitrogens with one attached hydrogen (secondary N) is 1. The first-order valence-electron chi connectivity index (χ1n) is 4.41. The molecule has 3 N–H and O–H groups in total. The fraction of sp³-hybridized carbons (Fsp3) is 0.200. The maximum absolute atomic E-state index is 11.3. The Hall–Kier alpha value is -1.46. The van der Waals surface area contributed by atoms with E-state index in [-0.39, 0.29) is 5.78 Å². The Balaban J connectivity index is 2.94. The van der Waals surface area contributed by atoms with Crippen LogP contribution in [0.4, 0.5) is 5.69 Å². The molecule has 0 unspecified atom stereocenters. The Morgan fingerprint density at radius 1 is 1.47 bits per heavy atom. The number of hydrazine groups is 1. The minimum atomic E-state index is -0.0134. The Morgan fingerprint density at radius 3 is 2.60 bits per heavy atom. The zero-order valence-electron chi connectivity index (χ0n) is 8.65. The second-order valence-electron chi connectivity index (χ2n) is 3.14. The number of rotatable bonds is 2. The molecule has 0 aliphatic carbocycles. The molecule has 0 radical (unpaired) electrons. The molecule has 0 bridgehead atoms. The van der Waals surface area contributed by atoms with Crippen LogP contribution in [0.25, 0.3) is 0 Å². The van der Waals surface area contributed by atoms with E-state index in [9.17, 15) is 4.79 Å². The number of hydrogen-bond acceptors (Lipinski definition) is 3. The van der Waals surface area contributed by atoms with Gasteiger partial charge in [0.05, 0.1) is 5.69 Å². The number of ketones is 1. The maximum Gasteiger partial charge on any atom is 0.187 e. The fourth-order valence-corrected chi connectivity index (χ4v) is 1.21. The van der Waals surface area contributed by atoms with Crippen LogP contribution < -0.4 is 11.2 Å². The van der Waals surface area contributed by atoms with Crippen LogP contribution in [-0.4, -0.2) is 23.0 Å². The Bertz CT molecular complexity index is 390. The average molecular weight is 223 g/mol. The van der Waals surface area contributed by atoms with E-state index < -0.39 is 0 Å². The van der Waals surface area contributed by atoms with Crippen molar-refractivity contribution in [2.24, 2.45) is 5.84 Å². The molecule has 0 fully saturated rings. The number of nitrogens with zero attached hydrogens (tertiary/aromatic N) is 1. The molecule has 15 heavy (non-hydrogen) atoms. The van der Waals surface area contributed by atoms with Crippen molar-refractivity contribution < 1.29 is 4.79 Å². The SMILES string of the molecule is CC(=O)c1ccccc1NC(=S)N(C)N. The van der Waals surface area contributed by atoms with Crippen LogP contribution >= 0.6 is 12.2 Å². The number of nitrogens with two attached hydrogens (primary N) is 1. The summed E-state index contributed by atoms with van der Waals surface area (Å²) in [6, 6.07) is 7.15. The van der Waals surface area contributed by atoms with Crippen LogP contribution in [0.3, 0.4) is 0 Å². The second kappa shape index (κ2) is 4.86. The summed E-state index contributed by atoms with van der Waals surface area (Å²) in [5.41, 5.74) is 1.27. The molecular weight excluding hydrogens is 210 g/mol. The van der Waals surface area contributed by atoms with Gasteiger partial charge in [0.25, 0.3) is 0 Å². The lowest BCUT2D eigenvalue weighted by atomic mass is 10.1. The molecule has 1 rings (SSSR count). The lowest BCUT2D eigenvalue weighted by molar-refractivity contribution is 0.101. The van der Waals surface area contributed by atoms with Gasteiger partial charge in [0.2, 0.25) is 0 Å². The highest BCUT2D eigenvalue weighted by Crippen LogP contribution is 2.15. The van der Waals surface area contributed by atoms with Crippen molar-refractivity contribution in [1.29, 1.82) is 0 Å². The molecular formula is C10H13N3OS. The third-order valence-electron chi connectivity index (χ3n) is 1.87. The molecule has 0 heterocycles. The van der Waals surface area contributed by atoms with Gasteiger partial charge in [0.1, 0.15) is 0 Å². The molecule has 0 atom stereocenters. The van der Waals surface area contributed by atoms with Crippen LogP contribution in [0.5, 0.6) is 0 Å². The summed E-state index contributed by atoms with van der Waals surface area (Å²) in [5, 5.41) is 4.55. The van der Waals surface area contributed by atoms with Gasteiger partial charge in [0, 0.05) is 12.6 Å². The smallest absolute Gasteiger partial charge is 0.187 e. The number of thiocarbonyl (C=S) groups is 1. The number of anilines is 1. The summed E-state index contributed by atoms with van der Waals surface area (Å²) in [4.78, 5) is 11.3. The molecule has 1 aromatic carbocycles. The Labute approximate surface area is 94.0 Å². The van der Waals surface area contributed by atoms with Gasteiger partial charge < -0.3 is 5.32 Å². The largest absolute Gasteiger partial charge is 0.331 e. The standard InChI is InChI=1S/C10H13N3OS/c1-7(14)8-5-3-4-6-9(8)12-10(15)13(2)11/h3-6H,11H2,1-2H3,(H,12,15). The molecule has 0 spiro atoms. The van der Waals surface area contributed by atoms with Gasteiger partial charge in [0.15, 0.2) is 10.9 Å². The van der Waals surface area contributed by atoms with Crippen molar-refractivity contribution in [1.82, 2.24) is 5.01 Å². The summed E-state index contributed by atoms with van der Waals surface area (Å²) < 4.78 is 0. The summed E-state index contributed by atoms with van der Waals surface area (Å²) >= 11 is 4.98. The van der Waals surface area contributed by atoms with E-state index in [4.69, 9.17) is 18.1 Å². The molecule has 0 saturated heterocycles. The number of benzene rings is 1. The first-order chi connectivity index (χ1) is 7.02. The summed E-state index contributed by atoms with van der Waals surface area (Å²) in [6.07, 6.45) is 0. The van der Waals surface area contributed by atoms with Gasteiger partial charge in [-0.1, -0.05) is 12.1 Å². The molecule has 1 aromatic rings. The van der Waals surface area contributed by atoms with Crippen molar-refractivity contribution in [2.45, 2.75) is 6.92 Å². The van der Waals surface area contributed by atoms with Crippen LogP contribution in [0.2, 0.25) is 0 Å². The summed E-state index contributed by atoms with van der Waals surface area (Å²) in [5.74, 6) is 5.44. The topological polar surface area (TPSA) is 58.4 Å². The highest BCUT2D eigenvalue weighted by molar-refractivity contribution is 7.80. The third-order valence-corrected chi connectivity index (χ3v) is 2.26. The number of hydrogen-bond donors (Lipinski definition) is 2.